The molecule has 1 amide bonds. The van der Waals surface area contributed by atoms with Crippen LogP contribution in [0, 0.1) is 5.92 Å². The average molecular weight is 280 g/mol. The van der Waals surface area contributed by atoms with Gasteiger partial charge in [-0.3, -0.25) is 4.79 Å². The van der Waals surface area contributed by atoms with Gasteiger partial charge in [-0.25, -0.2) is 4.98 Å². The number of amides is 1. The second-order valence-corrected chi connectivity index (χ2v) is 4.33. The van der Waals surface area contributed by atoms with E-state index in [2.05, 4.69) is 10.1 Å². The molecule has 1 heterocycles. The van der Waals surface area contributed by atoms with Gasteiger partial charge in [0.05, 0.1) is 7.11 Å². The number of aromatic nitrogens is 1. The molecule has 20 heavy (non-hydrogen) atoms. The molecule has 3 N–H and O–H groups in total. The normalized spacial score (nSPS) is 12.8. The van der Waals surface area contributed by atoms with Gasteiger partial charge in [-0.15, -0.1) is 0 Å². The Morgan fingerprint density at radius 2 is 2.35 bits per heavy atom. The van der Waals surface area contributed by atoms with E-state index in [1.165, 1.54) is 7.11 Å². The van der Waals surface area contributed by atoms with Crippen molar-refractivity contribution < 1.29 is 14.7 Å². The van der Waals surface area contributed by atoms with E-state index < -0.39 is 0 Å². The van der Waals surface area contributed by atoms with Crippen LogP contribution in [-0.4, -0.2) is 47.0 Å². The number of nitrogens with two attached hydrogens (primary N) is 1. The van der Waals surface area contributed by atoms with Crippen LogP contribution in [-0.2, 0) is 0 Å². The number of methoxy groups -OCH3 is 1. The Morgan fingerprint density at radius 1 is 1.65 bits per heavy atom. The number of carbonyl (C=O) groups is 1. The summed E-state index contributed by atoms with van der Waals surface area (Å²) < 4.78 is 5.09. The number of carbonyl (C=O) groups excluding carboxylic acids is 1. The van der Waals surface area contributed by atoms with Crippen molar-refractivity contribution in [2.24, 2.45) is 16.8 Å². The van der Waals surface area contributed by atoms with Gasteiger partial charge in [0, 0.05) is 25.2 Å². The molecule has 0 fully saturated rings. The summed E-state index contributed by atoms with van der Waals surface area (Å²) in [4.78, 5) is 18.1. The molecule has 0 aliphatic heterocycles. The van der Waals surface area contributed by atoms with Gasteiger partial charge in [0.15, 0.2) is 0 Å². The lowest BCUT2D eigenvalue weighted by molar-refractivity contribution is 0.0749. The zero-order valence-corrected chi connectivity index (χ0v) is 11.9. The lowest BCUT2D eigenvalue weighted by Crippen LogP contribution is -2.39. The first-order valence-corrected chi connectivity index (χ1v) is 6.30. The summed E-state index contributed by atoms with van der Waals surface area (Å²) in [7, 11) is 1.47. The van der Waals surface area contributed by atoms with Gasteiger partial charge in [0.25, 0.3) is 5.91 Å². The van der Waals surface area contributed by atoms with Gasteiger partial charge in [-0.2, -0.15) is 0 Å². The van der Waals surface area contributed by atoms with E-state index in [1.54, 1.807) is 30.2 Å². The van der Waals surface area contributed by atoms with Crippen LogP contribution in [0.25, 0.3) is 0 Å². The van der Waals surface area contributed by atoms with Gasteiger partial charge >= 0.3 is 0 Å². The highest BCUT2D eigenvalue weighted by atomic mass is 16.5. The fourth-order valence-electron chi connectivity index (χ4n) is 1.76. The molecule has 1 rings (SSSR count). The molecule has 0 bridgehead atoms. The Balaban J connectivity index is 2.92. The molecule has 7 heteroatoms. The Bertz CT molecular complexity index is 490. The van der Waals surface area contributed by atoms with Gasteiger partial charge in [-0.1, -0.05) is 12.1 Å². The molecule has 1 atom stereocenters. The van der Waals surface area contributed by atoms with E-state index in [0.29, 0.717) is 18.7 Å². The number of hydrogen-bond acceptors (Lipinski definition) is 5. The van der Waals surface area contributed by atoms with Crippen LogP contribution >= 0.6 is 0 Å². The molecule has 7 nitrogen and oxygen atoms in total. The quantitative estimate of drug-likeness (QED) is 0.349. The van der Waals surface area contributed by atoms with Gasteiger partial charge < -0.3 is 20.6 Å². The van der Waals surface area contributed by atoms with Crippen LogP contribution in [0.1, 0.15) is 24.2 Å². The van der Waals surface area contributed by atoms with Crippen molar-refractivity contribution in [2.75, 3.05) is 20.2 Å². The molecule has 1 aromatic heterocycles. The highest BCUT2D eigenvalue weighted by molar-refractivity contribution is 5.96. The molecule has 1 aromatic rings. The second-order valence-electron chi connectivity index (χ2n) is 4.33. The smallest absolute Gasteiger partial charge is 0.259 e. The standard InChI is InChI=1S/C13H20N4O3/c1-4-17(8-9(2)11(14)16-19)13(18)10-6-5-7-15-12(10)20-3/h5-7,9,19H,4,8H2,1-3H3,(H2,14,16). The molecule has 0 radical (unpaired) electrons. The van der Waals surface area contributed by atoms with E-state index in [9.17, 15) is 4.79 Å². The molecule has 0 spiro atoms. The lowest BCUT2D eigenvalue weighted by atomic mass is 10.1. The largest absolute Gasteiger partial charge is 0.480 e. The van der Waals surface area contributed by atoms with Crippen molar-refractivity contribution in [2.45, 2.75) is 13.8 Å². The second kappa shape index (κ2) is 7.32. The first-order valence-electron chi connectivity index (χ1n) is 6.30. The van der Waals surface area contributed by atoms with E-state index in [4.69, 9.17) is 15.7 Å². The third-order valence-corrected chi connectivity index (χ3v) is 2.98. The lowest BCUT2D eigenvalue weighted by Gasteiger charge is -2.24. The van der Waals surface area contributed by atoms with E-state index >= 15 is 0 Å². The Morgan fingerprint density at radius 3 is 2.90 bits per heavy atom. The number of ether oxygens (including phenoxy) is 1. The average Bonchev–Trinajstić information content (AvgIpc) is 2.50. The monoisotopic (exact) mass is 280 g/mol. The third kappa shape index (κ3) is 3.59. The Labute approximate surface area is 118 Å². The minimum Gasteiger partial charge on any atom is -0.480 e. The number of oxime groups is 1. The molecule has 0 aliphatic rings. The number of hydrogen-bond donors (Lipinski definition) is 2. The maximum Gasteiger partial charge on any atom is 0.259 e. The van der Waals surface area contributed by atoms with Crippen molar-refractivity contribution in [3.05, 3.63) is 23.9 Å². The van der Waals surface area contributed by atoms with Crippen LogP contribution in [0.5, 0.6) is 5.88 Å². The zero-order chi connectivity index (χ0) is 15.1. The van der Waals surface area contributed by atoms with Crippen molar-refractivity contribution in [3.8, 4) is 5.88 Å². The van der Waals surface area contributed by atoms with E-state index in [-0.39, 0.29) is 23.5 Å². The maximum absolute atomic E-state index is 12.5. The molecule has 1 unspecified atom stereocenters. The zero-order valence-electron chi connectivity index (χ0n) is 11.9. The minimum absolute atomic E-state index is 0.0920. The molecule has 0 aliphatic carbocycles. The SMILES string of the molecule is CCN(CC(C)C(N)=NO)C(=O)c1cccnc1OC. The van der Waals surface area contributed by atoms with E-state index in [0.717, 1.165) is 0 Å². The van der Waals surface area contributed by atoms with Crippen molar-refractivity contribution in [1.82, 2.24) is 9.88 Å². The molecular weight excluding hydrogens is 260 g/mol. The predicted octanol–water partition coefficient (Wildman–Crippen LogP) is 0.935. The number of amidine groups is 1. The van der Waals surface area contributed by atoms with E-state index in [1.807, 2.05) is 6.92 Å². The minimum atomic E-state index is -0.244. The fourth-order valence-corrected chi connectivity index (χ4v) is 1.76. The highest BCUT2D eigenvalue weighted by Gasteiger charge is 2.22. The highest BCUT2D eigenvalue weighted by Crippen LogP contribution is 2.17. The van der Waals surface area contributed by atoms with Crippen molar-refractivity contribution >= 4 is 11.7 Å². The van der Waals surface area contributed by atoms with Crippen LogP contribution in [0.2, 0.25) is 0 Å². The summed E-state index contributed by atoms with van der Waals surface area (Å²) in [6, 6.07) is 3.33. The topological polar surface area (TPSA) is 101 Å². The summed E-state index contributed by atoms with van der Waals surface area (Å²) in [6.45, 7) is 4.49. The predicted molar refractivity (Wildman–Crippen MR) is 74.9 cm³/mol. The summed E-state index contributed by atoms with van der Waals surface area (Å²) in [5.74, 6) is -0.0663. The van der Waals surface area contributed by atoms with Crippen LogP contribution in [0.4, 0.5) is 0 Å². The number of pyridine rings is 1. The van der Waals surface area contributed by atoms with Crippen molar-refractivity contribution in [3.63, 3.8) is 0 Å². The maximum atomic E-state index is 12.5. The van der Waals surface area contributed by atoms with Crippen LogP contribution < -0.4 is 10.5 Å². The molecule has 110 valence electrons. The Kier molecular flexibility index (Phi) is 5.76. The van der Waals surface area contributed by atoms with Gasteiger partial charge in [-0.05, 0) is 19.1 Å². The summed E-state index contributed by atoms with van der Waals surface area (Å²) >= 11 is 0. The first kappa shape index (κ1) is 15.7. The number of rotatable bonds is 6. The van der Waals surface area contributed by atoms with Gasteiger partial charge in [0.2, 0.25) is 5.88 Å². The molecular formula is C13H20N4O3. The summed E-state index contributed by atoms with van der Waals surface area (Å²) in [5.41, 5.74) is 5.93. The van der Waals surface area contributed by atoms with Crippen molar-refractivity contribution in [1.29, 1.82) is 0 Å². The third-order valence-electron chi connectivity index (χ3n) is 2.98. The molecule has 0 saturated carbocycles. The van der Waals surface area contributed by atoms with Crippen LogP contribution in [0.15, 0.2) is 23.5 Å². The van der Waals surface area contributed by atoms with Gasteiger partial charge in [0.1, 0.15) is 11.4 Å². The fraction of sp³-hybridized carbons (Fsp3) is 0.462. The van der Waals surface area contributed by atoms with Crippen LogP contribution in [0.3, 0.4) is 0 Å². The first-order chi connectivity index (χ1) is 9.54. The molecule has 0 saturated heterocycles. The summed E-state index contributed by atoms with van der Waals surface area (Å²) in [5, 5.41) is 11.6. The summed E-state index contributed by atoms with van der Waals surface area (Å²) in [6.07, 6.45) is 1.56. The number of nitrogens with zero attached hydrogens (tertiary/aromatic N) is 3. The Hall–Kier alpha value is -2.31. The molecule has 0 aromatic carbocycles.